The number of aromatic amines is 1. The Labute approximate surface area is 92.1 Å². The summed E-state index contributed by atoms with van der Waals surface area (Å²) in [5.41, 5.74) is 2.40. The number of hydrogen-bond donors (Lipinski definition) is 2. The summed E-state index contributed by atoms with van der Waals surface area (Å²) in [6, 6.07) is 0.894. The molecule has 2 unspecified atom stereocenters. The minimum atomic E-state index is 0.353. The fourth-order valence-electron chi connectivity index (χ4n) is 1.44. The van der Waals surface area contributed by atoms with Crippen LogP contribution in [0, 0.1) is 6.92 Å². The van der Waals surface area contributed by atoms with Gasteiger partial charge in [0.05, 0.1) is 6.20 Å². The van der Waals surface area contributed by atoms with E-state index in [1.165, 1.54) is 5.56 Å². The van der Waals surface area contributed by atoms with Crippen LogP contribution in [-0.2, 0) is 0 Å². The van der Waals surface area contributed by atoms with Gasteiger partial charge in [-0.1, -0.05) is 0 Å². The zero-order chi connectivity index (χ0) is 11.4. The molecular formula is C11H22N4. The maximum Gasteiger partial charge on any atom is 0.0537 e. The Kier molecular flexibility index (Phi) is 4.29. The van der Waals surface area contributed by atoms with Crippen LogP contribution in [0.3, 0.4) is 0 Å². The highest BCUT2D eigenvalue weighted by Crippen LogP contribution is 2.13. The van der Waals surface area contributed by atoms with Crippen molar-refractivity contribution in [3.63, 3.8) is 0 Å². The van der Waals surface area contributed by atoms with Crippen molar-refractivity contribution in [2.45, 2.75) is 32.9 Å². The summed E-state index contributed by atoms with van der Waals surface area (Å²) in [6.07, 6.45) is 1.90. The molecule has 4 nitrogen and oxygen atoms in total. The molecule has 1 aromatic heterocycles. The van der Waals surface area contributed by atoms with Crippen molar-refractivity contribution in [1.82, 2.24) is 20.4 Å². The predicted octanol–water partition coefficient (Wildman–Crippen LogP) is 1.32. The lowest BCUT2D eigenvalue weighted by Crippen LogP contribution is -2.36. The monoisotopic (exact) mass is 210 g/mol. The van der Waals surface area contributed by atoms with E-state index in [4.69, 9.17) is 0 Å². The van der Waals surface area contributed by atoms with Gasteiger partial charge in [0.1, 0.15) is 0 Å². The van der Waals surface area contributed by atoms with Crippen LogP contribution < -0.4 is 5.32 Å². The van der Waals surface area contributed by atoms with E-state index in [1.807, 2.05) is 6.20 Å². The first-order valence-electron chi connectivity index (χ1n) is 5.42. The fraction of sp³-hybridized carbons (Fsp3) is 0.727. The Bertz CT molecular complexity index is 293. The van der Waals surface area contributed by atoms with Gasteiger partial charge in [-0.2, -0.15) is 5.10 Å². The van der Waals surface area contributed by atoms with E-state index < -0.39 is 0 Å². The molecule has 0 aliphatic rings. The van der Waals surface area contributed by atoms with Crippen molar-refractivity contribution in [3.05, 3.63) is 17.5 Å². The Morgan fingerprint density at radius 3 is 2.60 bits per heavy atom. The molecule has 0 saturated carbocycles. The zero-order valence-corrected chi connectivity index (χ0v) is 10.3. The normalized spacial score (nSPS) is 15.6. The minimum Gasteiger partial charge on any atom is -0.309 e. The first-order chi connectivity index (χ1) is 7.02. The molecule has 0 spiro atoms. The van der Waals surface area contributed by atoms with Crippen LogP contribution in [0.25, 0.3) is 0 Å². The van der Waals surface area contributed by atoms with Crippen molar-refractivity contribution >= 4 is 0 Å². The molecule has 0 aliphatic carbocycles. The van der Waals surface area contributed by atoms with E-state index in [9.17, 15) is 0 Å². The van der Waals surface area contributed by atoms with E-state index >= 15 is 0 Å². The SMILES string of the molecule is Cc1[nH]ncc1C(C)NCC(C)N(C)C. The van der Waals surface area contributed by atoms with Crippen LogP contribution >= 0.6 is 0 Å². The highest BCUT2D eigenvalue weighted by atomic mass is 15.1. The van der Waals surface area contributed by atoms with Gasteiger partial charge >= 0.3 is 0 Å². The number of likely N-dealkylation sites (N-methyl/N-ethyl adjacent to an activating group) is 1. The molecular weight excluding hydrogens is 188 g/mol. The maximum absolute atomic E-state index is 4.03. The number of hydrogen-bond acceptors (Lipinski definition) is 3. The van der Waals surface area contributed by atoms with Gasteiger partial charge in [-0.3, -0.25) is 5.10 Å². The molecule has 0 radical (unpaired) electrons. The first-order valence-corrected chi connectivity index (χ1v) is 5.42. The second-order valence-electron chi connectivity index (χ2n) is 4.39. The van der Waals surface area contributed by atoms with Crippen molar-refractivity contribution in [2.75, 3.05) is 20.6 Å². The summed E-state index contributed by atoms with van der Waals surface area (Å²) in [7, 11) is 4.19. The Morgan fingerprint density at radius 1 is 1.47 bits per heavy atom. The topological polar surface area (TPSA) is 44.0 Å². The molecule has 0 amide bonds. The van der Waals surface area contributed by atoms with Gasteiger partial charge in [0.25, 0.3) is 0 Å². The minimum absolute atomic E-state index is 0.353. The van der Waals surface area contributed by atoms with Crippen LogP contribution in [0.5, 0.6) is 0 Å². The van der Waals surface area contributed by atoms with Crippen LogP contribution in [0.1, 0.15) is 31.1 Å². The lowest BCUT2D eigenvalue weighted by Gasteiger charge is -2.22. The van der Waals surface area contributed by atoms with E-state index in [-0.39, 0.29) is 0 Å². The predicted molar refractivity (Wildman–Crippen MR) is 62.9 cm³/mol. The third kappa shape index (κ3) is 3.32. The molecule has 1 rings (SSSR count). The Balaban J connectivity index is 2.43. The molecule has 15 heavy (non-hydrogen) atoms. The summed E-state index contributed by atoms with van der Waals surface area (Å²) in [4.78, 5) is 2.21. The molecule has 0 saturated heterocycles. The molecule has 2 N–H and O–H groups in total. The number of nitrogens with one attached hydrogen (secondary N) is 2. The van der Waals surface area contributed by atoms with Gasteiger partial charge in [0, 0.05) is 29.9 Å². The highest BCUT2D eigenvalue weighted by molar-refractivity contribution is 5.18. The Morgan fingerprint density at radius 2 is 2.13 bits per heavy atom. The number of H-pyrrole nitrogens is 1. The number of nitrogens with zero attached hydrogens (tertiary/aromatic N) is 2. The molecule has 0 bridgehead atoms. The fourth-order valence-corrected chi connectivity index (χ4v) is 1.44. The van der Waals surface area contributed by atoms with Crippen LogP contribution in [0.4, 0.5) is 0 Å². The molecule has 1 aromatic rings. The largest absolute Gasteiger partial charge is 0.309 e. The molecule has 4 heteroatoms. The summed E-state index contributed by atoms with van der Waals surface area (Å²) in [5.74, 6) is 0. The number of aromatic nitrogens is 2. The molecule has 0 fully saturated rings. The van der Waals surface area contributed by atoms with Crippen LogP contribution in [0.2, 0.25) is 0 Å². The van der Waals surface area contributed by atoms with Gasteiger partial charge in [0.15, 0.2) is 0 Å². The van der Waals surface area contributed by atoms with Crippen molar-refractivity contribution in [3.8, 4) is 0 Å². The van der Waals surface area contributed by atoms with Gasteiger partial charge in [-0.15, -0.1) is 0 Å². The van der Waals surface area contributed by atoms with Gasteiger partial charge in [-0.05, 0) is 34.9 Å². The summed E-state index contributed by atoms with van der Waals surface area (Å²) < 4.78 is 0. The second kappa shape index (κ2) is 5.28. The van der Waals surface area contributed by atoms with Gasteiger partial charge in [-0.25, -0.2) is 0 Å². The molecule has 86 valence electrons. The smallest absolute Gasteiger partial charge is 0.0537 e. The van der Waals surface area contributed by atoms with Crippen LogP contribution in [0.15, 0.2) is 6.20 Å². The maximum atomic E-state index is 4.03. The molecule has 2 atom stereocenters. The Hall–Kier alpha value is -0.870. The summed E-state index contributed by atoms with van der Waals surface area (Å²) >= 11 is 0. The van der Waals surface area contributed by atoms with Crippen molar-refractivity contribution < 1.29 is 0 Å². The van der Waals surface area contributed by atoms with Gasteiger partial charge < -0.3 is 10.2 Å². The highest BCUT2D eigenvalue weighted by Gasteiger charge is 2.11. The van der Waals surface area contributed by atoms with E-state index in [1.54, 1.807) is 0 Å². The van der Waals surface area contributed by atoms with Crippen molar-refractivity contribution in [2.24, 2.45) is 0 Å². The summed E-state index contributed by atoms with van der Waals surface area (Å²) in [6.45, 7) is 7.41. The van der Waals surface area contributed by atoms with E-state index in [2.05, 4.69) is 55.3 Å². The van der Waals surface area contributed by atoms with Crippen molar-refractivity contribution in [1.29, 1.82) is 0 Å². The third-order valence-corrected chi connectivity index (χ3v) is 2.94. The molecule has 0 aliphatic heterocycles. The molecule has 1 heterocycles. The van der Waals surface area contributed by atoms with E-state index in [0.29, 0.717) is 12.1 Å². The number of aryl methyl sites for hydroxylation is 1. The van der Waals surface area contributed by atoms with E-state index in [0.717, 1.165) is 12.2 Å². The quantitative estimate of drug-likeness (QED) is 0.770. The second-order valence-corrected chi connectivity index (χ2v) is 4.39. The lowest BCUT2D eigenvalue weighted by atomic mass is 10.1. The van der Waals surface area contributed by atoms with Crippen LogP contribution in [-0.4, -0.2) is 41.8 Å². The average Bonchev–Trinajstić information content (AvgIpc) is 2.60. The first kappa shape index (κ1) is 12.2. The zero-order valence-electron chi connectivity index (χ0n) is 10.3. The summed E-state index contributed by atoms with van der Waals surface area (Å²) in [5, 5.41) is 10.5. The van der Waals surface area contributed by atoms with Gasteiger partial charge in [0.2, 0.25) is 0 Å². The number of rotatable bonds is 5. The third-order valence-electron chi connectivity index (χ3n) is 2.94. The molecule has 0 aromatic carbocycles. The standard InChI is InChI=1S/C11H22N4/c1-8(15(4)5)6-12-9(2)11-7-13-14-10(11)3/h7-9,12H,6H2,1-5H3,(H,13,14). The lowest BCUT2D eigenvalue weighted by molar-refractivity contribution is 0.295. The average molecular weight is 210 g/mol.